The van der Waals surface area contributed by atoms with Crippen LogP contribution in [-0.2, 0) is 20.6 Å². The van der Waals surface area contributed by atoms with Gasteiger partial charge in [0.1, 0.15) is 11.3 Å². The molecule has 3 heterocycles. The van der Waals surface area contributed by atoms with E-state index in [1.807, 2.05) is 13.8 Å². The maximum atomic E-state index is 14.5. The number of carbonyl (C=O) groups is 4. The molecule has 0 radical (unpaired) electrons. The molecular formula is C30H32F3N3O5. The van der Waals surface area contributed by atoms with E-state index in [2.05, 4.69) is 0 Å². The standard InChI is InChI=1S/C30H32F3N3O5/c1-16(2)15-29-22-21(24(37)36(25(22)38)28(3,4)5)23(17-7-13-20(41-6)14-8-17)35(29)27(40)34(26(29)39)19-11-9-18(10-12-19)30(31,32)33/h7-14,16,21-23H,15H2,1-6H3/t21-,22-,23-,29-/m1/s1. The van der Waals surface area contributed by atoms with Crippen molar-refractivity contribution in [2.75, 3.05) is 12.0 Å². The van der Waals surface area contributed by atoms with E-state index in [4.69, 9.17) is 4.74 Å². The molecule has 3 aliphatic rings. The fraction of sp³-hybridized carbons (Fsp3) is 0.467. The van der Waals surface area contributed by atoms with Crippen molar-refractivity contribution in [2.24, 2.45) is 17.8 Å². The molecule has 0 bridgehead atoms. The summed E-state index contributed by atoms with van der Waals surface area (Å²) < 4.78 is 45.0. The van der Waals surface area contributed by atoms with E-state index in [0.29, 0.717) is 11.3 Å². The Bertz CT molecular complexity index is 1410. The third kappa shape index (κ3) is 4.11. The van der Waals surface area contributed by atoms with Crippen molar-refractivity contribution in [1.29, 1.82) is 0 Å². The molecule has 41 heavy (non-hydrogen) atoms. The SMILES string of the molecule is COc1ccc([C@@H]2[C@@H]3C(=O)N(C(C)(C)C)C(=O)[C@@H]3[C@]3(CC(C)C)C(=O)N(c4ccc(C(F)(F)F)cc4)C(=O)N23)cc1. The minimum atomic E-state index is -4.60. The van der Waals surface area contributed by atoms with Crippen LogP contribution in [0.3, 0.4) is 0 Å². The van der Waals surface area contributed by atoms with E-state index in [0.717, 1.165) is 29.2 Å². The Kier molecular flexibility index (Phi) is 6.51. The Balaban J connectivity index is 1.73. The van der Waals surface area contributed by atoms with Crippen LogP contribution >= 0.6 is 0 Å². The zero-order chi connectivity index (χ0) is 30.2. The number of alkyl halides is 3. The molecule has 11 heteroatoms. The maximum absolute atomic E-state index is 14.5. The number of rotatable bonds is 5. The van der Waals surface area contributed by atoms with Gasteiger partial charge >= 0.3 is 12.2 Å². The van der Waals surface area contributed by atoms with Crippen LogP contribution < -0.4 is 9.64 Å². The van der Waals surface area contributed by atoms with Gasteiger partial charge in [-0.3, -0.25) is 19.3 Å². The molecule has 2 aromatic rings. The van der Waals surface area contributed by atoms with E-state index in [1.54, 1.807) is 45.0 Å². The summed E-state index contributed by atoms with van der Waals surface area (Å²) in [5.41, 5.74) is -3.02. The Morgan fingerprint density at radius 2 is 1.49 bits per heavy atom. The second-order valence-electron chi connectivity index (χ2n) is 12.3. The summed E-state index contributed by atoms with van der Waals surface area (Å²) in [5, 5.41) is 0. The number of amides is 5. The molecule has 0 aromatic heterocycles. The van der Waals surface area contributed by atoms with Crippen LogP contribution in [0, 0.1) is 17.8 Å². The van der Waals surface area contributed by atoms with Crippen molar-refractivity contribution in [2.45, 2.75) is 64.3 Å². The highest BCUT2D eigenvalue weighted by atomic mass is 19.4. The molecular weight excluding hydrogens is 539 g/mol. The summed E-state index contributed by atoms with van der Waals surface area (Å²) in [6, 6.07) is 8.76. The lowest BCUT2D eigenvalue weighted by Crippen LogP contribution is -2.56. The molecule has 4 atom stereocenters. The number of hydrogen-bond donors (Lipinski definition) is 0. The molecule has 0 unspecified atom stereocenters. The number of likely N-dealkylation sites (tertiary alicyclic amines) is 1. The molecule has 5 amide bonds. The molecule has 0 N–H and O–H groups in total. The number of fused-ring (bicyclic) bond motifs is 3. The number of anilines is 1. The highest BCUT2D eigenvalue weighted by molar-refractivity contribution is 6.27. The number of imide groups is 2. The number of carbonyl (C=O) groups excluding carboxylic acids is 4. The number of nitrogens with zero attached hydrogens (tertiary/aromatic N) is 3. The summed E-state index contributed by atoms with van der Waals surface area (Å²) in [7, 11) is 1.50. The quantitative estimate of drug-likeness (QED) is 0.353. The molecule has 3 saturated heterocycles. The second kappa shape index (κ2) is 9.32. The topological polar surface area (TPSA) is 87.2 Å². The summed E-state index contributed by atoms with van der Waals surface area (Å²) in [5.74, 6) is -3.55. The number of halogens is 3. The van der Waals surface area contributed by atoms with Crippen LogP contribution in [0.25, 0.3) is 0 Å². The van der Waals surface area contributed by atoms with Gasteiger partial charge in [-0.05, 0) is 75.1 Å². The van der Waals surface area contributed by atoms with Gasteiger partial charge in [-0.1, -0.05) is 26.0 Å². The lowest BCUT2D eigenvalue weighted by atomic mass is 9.74. The monoisotopic (exact) mass is 571 g/mol. The van der Waals surface area contributed by atoms with Crippen molar-refractivity contribution in [1.82, 2.24) is 9.80 Å². The summed E-state index contributed by atoms with van der Waals surface area (Å²) in [6.45, 7) is 8.90. The minimum absolute atomic E-state index is 0.0417. The Hall–Kier alpha value is -3.89. The van der Waals surface area contributed by atoms with Crippen LogP contribution in [0.15, 0.2) is 48.5 Å². The average Bonchev–Trinajstić information content (AvgIpc) is 3.40. The lowest BCUT2D eigenvalue weighted by molar-refractivity contribution is -0.149. The predicted octanol–water partition coefficient (Wildman–Crippen LogP) is 5.42. The first kappa shape index (κ1) is 28.6. The van der Waals surface area contributed by atoms with Gasteiger partial charge in [0.25, 0.3) is 5.91 Å². The molecule has 5 rings (SSSR count). The first-order valence-corrected chi connectivity index (χ1v) is 13.4. The predicted molar refractivity (Wildman–Crippen MR) is 143 cm³/mol. The normalized spacial score (nSPS) is 26.4. The van der Waals surface area contributed by atoms with E-state index < -0.39 is 64.4 Å². The Labute approximate surface area is 236 Å². The number of methoxy groups -OCH3 is 1. The first-order chi connectivity index (χ1) is 19.1. The minimum Gasteiger partial charge on any atom is -0.497 e. The van der Waals surface area contributed by atoms with Gasteiger partial charge in [0.15, 0.2) is 0 Å². The summed E-state index contributed by atoms with van der Waals surface area (Å²) in [6.07, 6.45) is -4.52. The lowest BCUT2D eigenvalue weighted by Gasteiger charge is -2.38. The Morgan fingerprint density at radius 3 is 1.98 bits per heavy atom. The molecule has 0 saturated carbocycles. The van der Waals surface area contributed by atoms with E-state index in [9.17, 15) is 32.3 Å². The highest BCUT2D eigenvalue weighted by Crippen LogP contribution is 2.61. The molecule has 8 nitrogen and oxygen atoms in total. The van der Waals surface area contributed by atoms with Crippen LogP contribution in [0.2, 0.25) is 0 Å². The van der Waals surface area contributed by atoms with Gasteiger partial charge in [-0.2, -0.15) is 13.2 Å². The molecule has 0 spiro atoms. The number of ether oxygens (including phenoxy) is 1. The van der Waals surface area contributed by atoms with Crippen molar-refractivity contribution >= 4 is 29.4 Å². The molecule has 3 aliphatic heterocycles. The molecule has 3 fully saturated rings. The molecule has 2 aromatic carbocycles. The second-order valence-corrected chi connectivity index (χ2v) is 12.3. The van der Waals surface area contributed by atoms with E-state index in [1.165, 1.54) is 16.9 Å². The van der Waals surface area contributed by atoms with Gasteiger partial charge in [0.05, 0.1) is 36.2 Å². The number of benzene rings is 2. The van der Waals surface area contributed by atoms with Crippen LogP contribution in [0.5, 0.6) is 5.75 Å². The van der Waals surface area contributed by atoms with Crippen LogP contribution in [0.4, 0.5) is 23.7 Å². The maximum Gasteiger partial charge on any atom is 0.416 e. The third-order valence-corrected chi connectivity index (χ3v) is 8.19. The van der Waals surface area contributed by atoms with Gasteiger partial charge in [0, 0.05) is 5.54 Å². The largest absolute Gasteiger partial charge is 0.497 e. The van der Waals surface area contributed by atoms with Gasteiger partial charge in [-0.25, -0.2) is 9.69 Å². The third-order valence-electron chi connectivity index (χ3n) is 8.19. The fourth-order valence-electron chi connectivity index (χ4n) is 6.77. The van der Waals surface area contributed by atoms with Crippen molar-refractivity contribution in [3.63, 3.8) is 0 Å². The van der Waals surface area contributed by atoms with Crippen LogP contribution in [0.1, 0.15) is 58.2 Å². The van der Waals surface area contributed by atoms with Crippen molar-refractivity contribution < 1.29 is 37.1 Å². The summed E-state index contributed by atoms with van der Waals surface area (Å²) >= 11 is 0. The fourth-order valence-corrected chi connectivity index (χ4v) is 6.77. The average molecular weight is 572 g/mol. The van der Waals surface area contributed by atoms with Gasteiger partial charge in [-0.15, -0.1) is 0 Å². The van der Waals surface area contributed by atoms with E-state index in [-0.39, 0.29) is 18.0 Å². The van der Waals surface area contributed by atoms with Gasteiger partial charge in [0.2, 0.25) is 11.8 Å². The van der Waals surface area contributed by atoms with E-state index >= 15 is 0 Å². The zero-order valence-electron chi connectivity index (χ0n) is 23.7. The zero-order valence-corrected chi connectivity index (χ0v) is 23.7. The number of hydrogen-bond acceptors (Lipinski definition) is 5. The summed E-state index contributed by atoms with van der Waals surface area (Å²) in [4.78, 5) is 60.3. The smallest absolute Gasteiger partial charge is 0.416 e. The molecule has 0 aliphatic carbocycles. The van der Waals surface area contributed by atoms with Crippen LogP contribution in [-0.4, -0.2) is 51.7 Å². The highest BCUT2D eigenvalue weighted by Gasteiger charge is 2.77. The number of urea groups is 1. The first-order valence-electron chi connectivity index (χ1n) is 13.4. The van der Waals surface area contributed by atoms with Crippen molar-refractivity contribution in [3.05, 3.63) is 59.7 Å². The van der Waals surface area contributed by atoms with Crippen molar-refractivity contribution in [3.8, 4) is 5.75 Å². The Morgan fingerprint density at radius 1 is 0.902 bits per heavy atom. The molecule has 218 valence electrons. The van der Waals surface area contributed by atoms with Gasteiger partial charge < -0.3 is 9.64 Å².